The molecule has 1 saturated heterocycles. The third-order valence-corrected chi connectivity index (χ3v) is 3.80. The first-order valence-corrected chi connectivity index (χ1v) is 5.36. The lowest BCUT2D eigenvalue weighted by Crippen LogP contribution is -2.14. The molecule has 62 valence electrons. The van der Waals surface area contributed by atoms with E-state index < -0.39 is 0 Å². The normalized spacial score (nSPS) is 32.8. The first-order chi connectivity index (χ1) is 5.36. The number of nitrogens with zero attached hydrogens (tertiary/aromatic N) is 1. The SMILES string of the molecule is CN1CCC(C2=CCCS2)C1. The minimum absolute atomic E-state index is 0.882. The van der Waals surface area contributed by atoms with Gasteiger partial charge in [0.25, 0.3) is 0 Å². The summed E-state index contributed by atoms with van der Waals surface area (Å²) in [6.07, 6.45) is 5.13. The van der Waals surface area contributed by atoms with Gasteiger partial charge in [0.15, 0.2) is 0 Å². The van der Waals surface area contributed by atoms with Gasteiger partial charge in [-0.1, -0.05) is 6.08 Å². The first kappa shape index (κ1) is 7.69. The maximum absolute atomic E-state index is 2.44. The topological polar surface area (TPSA) is 3.24 Å². The largest absolute Gasteiger partial charge is 0.306 e. The lowest BCUT2D eigenvalue weighted by atomic mass is 10.1. The fraction of sp³-hybridized carbons (Fsp3) is 0.778. The molecule has 2 heterocycles. The summed E-state index contributed by atoms with van der Waals surface area (Å²) >= 11 is 2.08. The van der Waals surface area contributed by atoms with Crippen LogP contribution in [0, 0.1) is 5.92 Å². The van der Waals surface area contributed by atoms with Crippen LogP contribution in [0.2, 0.25) is 0 Å². The molecular formula is C9H15NS. The summed E-state index contributed by atoms with van der Waals surface area (Å²) in [5.41, 5.74) is 0. The molecule has 1 nitrogen and oxygen atoms in total. The number of rotatable bonds is 1. The maximum atomic E-state index is 2.44. The highest BCUT2D eigenvalue weighted by atomic mass is 32.2. The molecule has 0 aliphatic carbocycles. The third kappa shape index (κ3) is 1.62. The van der Waals surface area contributed by atoms with Crippen molar-refractivity contribution in [3.8, 4) is 0 Å². The molecule has 0 radical (unpaired) electrons. The summed E-state index contributed by atoms with van der Waals surface area (Å²) in [6, 6.07) is 0. The zero-order valence-electron chi connectivity index (χ0n) is 7.05. The van der Waals surface area contributed by atoms with Gasteiger partial charge in [-0.05, 0) is 31.3 Å². The standard InChI is InChI=1S/C9H15NS/c1-10-5-4-8(7-10)9-3-2-6-11-9/h3,8H,2,4-7H2,1H3. The van der Waals surface area contributed by atoms with Crippen molar-refractivity contribution in [3.05, 3.63) is 11.0 Å². The molecule has 2 aliphatic rings. The van der Waals surface area contributed by atoms with Crippen LogP contribution in [0.3, 0.4) is 0 Å². The molecular weight excluding hydrogens is 154 g/mol. The van der Waals surface area contributed by atoms with Crippen LogP contribution in [-0.2, 0) is 0 Å². The Kier molecular flexibility index (Phi) is 2.23. The highest BCUT2D eigenvalue weighted by Gasteiger charge is 2.24. The van der Waals surface area contributed by atoms with E-state index in [2.05, 4.69) is 29.8 Å². The van der Waals surface area contributed by atoms with E-state index in [9.17, 15) is 0 Å². The van der Waals surface area contributed by atoms with E-state index in [1.165, 1.54) is 31.7 Å². The lowest BCUT2D eigenvalue weighted by Gasteiger charge is -2.10. The minimum Gasteiger partial charge on any atom is -0.306 e. The average molecular weight is 169 g/mol. The Hall–Kier alpha value is 0.0500. The van der Waals surface area contributed by atoms with Crippen LogP contribution >= 0.6 is 11.8 Å². The van der Waals surface area contributed by atoms with Gasteiger partial charge >= 0.3 is 0 Å². The predicted molar refractivity (Wildman–Crippen MR) is 50.8 cm³/mol. The van der Waals surface area contributed by atoms with Gasteiger partial charge in [-0.25, -0.2) is 0 Å². The van der Waals surface area contributed by atoms with E-state index >= 15 is 0 Å². The van der Waals surface area contributed by atoms with Crippen LogP contribution in [-0.4, -0.2) is 30.8 Å². The van der Waals surface area contributed by atoms with Crippen molar-refractivity contribution < 1.29 is 0 Å². The van der Waals surface area contributed by atoms with Crippen molar-refractivity contribution in [2.45, 2.75) is 12.8 Å². The Morgan fingerprint density at radius 1 is 1.64 bits per heavy atom. The monoisotopic (exact) mass is 169 g/mol. The Balaban J connectivity index is 1.95. The van der Waals surface area contributed by atoms with Crippen molar-refractivity contribution >= 4 is 11.8 Å². The van der Waals surface area contributed by atoms with Gasteiger partial charge in [0.05, 0.1) is 0 Å². The quantitative estimate of drug-likeness (QED) is 0.590. The Bertz CT molecular complexity index is 176. The fourth-order valence-electron chi connectivity index (χ4n) is 1.89. The predicted octanol–water partition coefficient (Wildman–Crippen LogP) is 1.96. The van der Waals surface area contributed by atoms with Crippen molar-refractivity contribution in [3.63, 3.8) is 0 Å². The zero-order chi connectivity index (χ0) is 7.68. The molecule has 1 atom stereocenters. The molecule has 0 spiro atoms. The summed E-state index contributed by atoms with van der Waals surface area (Å²) in [5.74, 6) is 2.21. The molecule has 11 heavy (non-hydrogen) atoms. The van der Waals surface area contributed by atoms with Gasteiger partial charge in [-0.15, -0.1) is 11.8 Å². The van der Waals surface area contributed by atoms with Gasteiger partial charge in [-0.3, -0.25) is 0 Å². The van der Waals surface area contributed by atoms with Crippen molar-refractivity contribution in [2.24, 2.45) is 5.92 Å². The Morgan fingerprint density at radius 2 is 2.55 bits per heavy atom. The molecule has 0 aromatic heterocycles. The van der Waals surface area contributed by atoms with Crippen molar-refractivity contribution in [1.29, 1.82) is 0 Å². The summed E-state index contributed by atoms with van der Waals surface area (Å²) in [4.78, 5) is 4.11. The Labute approximate surface area is 72.8 Å². The van der Waals surface area contributed by atoms with Gasteiger partial charge in [0.2, 0.25) is 0 Å². The second kappa shape index (κ2) is 3.20. The number of likely N-dealkylation sites (tertiary alicyclic amines) is 1. The maximum Gasteiger partial charge on any atom is 0.00526 e. The second-order valence-corrected chi connectivity index (χ2v) is 4.66. The molecule has 0 amide bonds. The summed E-state index contributed by atoms with van der Waals surface area (Å²) in [5, 5.41) is 0. The zero-order valence-corrected chi connectivity index (χ0v) is 7.86. The van der Waals surface area contributed by atoms with Gasteiger partial charge in [0, 0.05) is 18.2 Å². The molecule has 1 unspecified atom stereocenters. The molecule has 0 bridgehead atoms. The Morgan fingerprint density at radius 3 is 3.09 bits per heavy atom. The first-order valence-electron chi connectivity index (χ1n) is 4.37. The molecule has 0 aromatic rings. The van der Waals surface area contributed by atoms with Crippen LogP contribution < -0.4 is 0 Å². The van der Waals surface area contributed by atoms with E-state index in [4.69, 9.17) is 0 Å². The highest BCUT2D eigenvalue weighted by molar-refractivity contribution is 8.03. The highest BCUT2D eigenvalue weighted by Crippen LogP contribution is 2.35. The van der Waals surface area contributed by atoms with E-state index in [1.54, 1.807) is 4.91 Å². The molecule has 0 aromatic carbocycles. The summed E-state index contributed by atoms with van der Waals surface area (Å²) in [7, 11) is 2.22. The van der Waals surface area contributed by atoms with E-state index in [1.807, 2.05) is 0 Å². The van der Waals surface area contributed by atoms with Crippen LogP contribution in [0.4, 0.5) is 0 Å². The molecule has 2 rings (SSSR count). The van der Waals surface area contributed by atoms with Gasteiger partial charge in [0.1, 0.15) is 0 Å². The van der Waals surface area contributed by atoms with Crippen molar-refractivity contribution in [1.82, 2.24) is 4.90 Å². The van der Waals surface area contributed by atoms with E-state index in [-0.39, 0.29) is 0 Å². The third-order valence-electron chi connectivity index (χ3n) is 2.53. The molecule has 2 heteroatoms. The number of hydrogen-bond acceptors (Lipinski definition) is 2. The van der Waals surface area contributed by atoms with Gasteiger partial charge in [-0.2, -0.15) is 0 Å². The van der Waals surface area contributed by atoms with E-state index in [0.717, 1.165) is 5.92 Å². The number of thioether (sulfide) groups is 1. The number of allylic oxidation sites excluding steroid dienone is 1. The molecule has 1 fully saturated rings. The number of hydrogen-bond donors (Lipinski definition) is 0. The molecule has 0 N–H and O–H groups in total. The minimum atomic E-state index is 0.882. The summed E-state index contributed by atoms with van der Waals surface area (Å²) in [6.45, 7) is 2.58. The van der Waals surface area contributed by atoms with E-state index in [0.29, 0.717) is 0 Å². The van der Waals surface area contributed by atoms with Crippen LogP contribution in [0.25, 0.3) is 0 Å². The molecule has 2 aliphatic heterocycles. The van der Waals surface area contributed by atoms with Crippen molar-refractivity contribution in [2.75, 3.05) is 25.9 Å². The smallest absolute Gasteiger partial charge is 0.00526 e. The fourth-order valence-corrected chi connectivity index (χ4v) is 3.02. The lowest BCUT2D eigenvalue weighted by molar-refractivity contribution is 0.407. The van der Waals surface area contributed by atoms with Crippen LogP contribution in [0.1, 0.15) is 12.8 Å². The van der Waals surface area contributed by atoms with Crippen LogP contribution in [0.5, 0.6) is 0 Å². The van der Waals surface area contributed by atoms with Gasteiger partial charge < -0.3 is 4.90 Å². The van der Waals surface area contributed by atoms with Crippen LogP contribution in [0.15, 0.2) is 11.0 Å². The average Bonchev–Trinajstić information content (AvgIpc) is 2.55. The molecule has 0 saturated carbocycles. The summed E-state index contributed by atoms with van der Waals surface area (Å²) < 4.78 is 0. The second-order valence-electron chi connectivity index (χ2n) is 3.49.